The molecular weight excluding hydrogens is 244 g/mol. The van der Waals surface area contributed by atoms with Crippen LogP contribution < -0.4 is 5.32 Å². The molecule has 3 N–H and O–H groups in total. The van der Waals surface area contributed by atoms with Gasteiger partial charge in [-0.05, 0) is 12.0 Å². The van der Waals surface area contributed by atoms with E-state index in [9.17, 15) is 9.90 Å². The lowest BCUT2D eigenvalue weighted by atomic mass is 9.94. The van der Waals surface area contributed by atoms with Crippen molar-refractivity contribution in [3.8, 4) is 0 Å². The zero-order valence-electron chi connectivity index (χ0n) is 10.8. The van der Waals surface area contributed by atoms with Gasteiger partial charge < -0.3 is 15.5 Å². The number of rotatable bonds is 4. The van der Waals surface area contributed by atoms with Crippen molar-refractivity contribution in [1.82, 2.24) is 10.2 Å². The summed E-state index contributed by atoms with van der Waals surface area (Å²) in [6.07, 6.45) is -0.759. The highest BCUT2D eigenvalue weighted by Gasteiger charge is 2.27. The van der Waals surface area contributed by atoms with Gasteiger partial charge in [-0.25, -0.2) is 4.79 Å². The van der Waals surface area contributed by atoms with Crippen LogP contribution in [0.15, 0.2) is 30.3 Å². The predicted molar refractivity (Wildman–Crippen MR) is 71.9 cm³/mol. The number of piperidine rings is 1. The van der Waals surface area contributed by atoms with E-state index in [2.05, 4.69) is 22.3 Å². The van der Waals surface area contributed by atoms with Gasteiger partial charge in [0.25, 0.3) is 0 Å². The number of carbonyl (C=O) groups is 1. The fourth-order valence-electron chi connectivity index (χ4n) is 2.50. The van der Waals surface area contributed by atoms with E-state index >= 15 is 0 Å². The maximum absolute atomic E-state index is 10.5. The molecule has 2 atom stereocenters. The van der Waals surface area contributed by atoms with Gasteiger partial charge in [-0.15, -0.1) is 0 Å². The van der Waals surface area contributed by atoms with Crippen molar-refractivity contribution in [3.05, 3.63) is 35.9 Å². The average molecular weight is 264 g/mol. The molecule has 1 fully saturated rings. The van der Waals surface area contributed by atoms with E-state index < -0.39 is 12.2 Å². The van der Waals surface area contributed by atoms with Crippen LogP contribution in [-0.4, -0.2) is 46.9 Å². The Labute approximate surface area is 112 Å². The quantitative estimate of drug-likeness (QED) is 0.762. The van der Waals surface area contributed by atoms with E-state index in [1.165, 1.54) is 5.56 Å². The molecule has 2 unspecified atom stereocenters. The zero-order valence-corrected chi connectivity index (χ0v) is 10.8. The minimum absolute atomic E-state index is 0.0337. The van der Waals surface area contributed by atoms with Crippen molar-refractivity contribution >= 4 is 6.09 Å². The van der Waals surface area contributed by atoms with Crippen LogP contribution in [0.5, 0.6) is 0 Å². The normalized spacial score (nSPS) is 24.1. The van der Waals surface area contributed by atoms with Gasteiger partial charge in [0, 0.05) is 32.1 Å². The molecule has 104 valence electrons. The molecule has 0 aromatic heterocycles. The lowest BCUT2D eigenvalue weighted by Crippen LogP contribution is -2.47. The maximum atomic E-state index is 10.5. The summed E-state index contributed by atoms with van der Waals surface area (Å²) in [5.41, 5.74) is 1.24. The van der Waals surface area contributed by atoms with Gasteiger partial charge in [0.05, 0.1) is 6.10 Å². The van der Waals surface area contributed by atoms with Crippen LogP contribution in [0.1, 0.15) is 12.0 Å². The van der Waals surface area contributed by atoms with Gasteiger partial charge in [0.15, 0.2) is 0 Å². The number of nitrogens with zero attached hydrogens (tertiary/aromatic N) is 1. The van der Waals surface area contributed by atoms with E-state index in [1.54, 1.807) is 0 Å². The Morgan fingerprint density at radius 2 is 2.11 bits per heavy atom. The Morgan fingerprint density at radius 3 is 2.79 bits per heavy atom. The molecular formula is C14H20N2O3. The standard InChI is InChI=1S/C14H20N2O3/c17-13-6-7-16(9-11-4-2-1-3-5-11)10-12(13)8-15-14(18)19/h1-5,12-13,15,17H,6-10H2,(H,18,19). The Kier molecular flexibility index (Phi) is 4.76. The van der Waals surface area contributed by atoms with Crippen LogP contribution in [0.4, 0.5) is 4.79 Å². The summed E-state index contributed by atoms with van der Waals surface area (Å²) >= 11 is 0. The number of aliphatic hydroxyl groups is 1. The van der Waals surface area contributed by atoms with Crippen LogP contribution in [0, 0.1) is 5.92 Å². The van der Waals surface area contributed by atoms with Gasteiger partial charge >= 0.3 is 6.09 Å². The van der Waals surface area contributed by atoms with E-state index in [0.29, 0.717) is 13.0 Å². The number of aliphatic hydroxyl groups excluding tert-OH is 1. The second-order valence-electron chi connectivity index (χ2n) is 5.02. The minimum atomic E-state index is -1.03. The highest BCUT2D eigenvalue weighted by atomic mass is 16.4. The Morgan fingerprint density at radius 1 is 1.37 bits per heavy atom. The average Bonchev–Trinajstić information content (AvgIpc) is 2.40. The van der Waals surface area contributed by atoms with Gasteiger partial charge in [-0.3, -0.25) is 4.90 Å². The van der Waals surface area contributed by atoms with Crippen molar-refractivity contribution < 1.29 is 15.0 Å². The SMILES string of the molecule is O=C(O)NCC1CN(Cc2ccccc2)CCC1O. The van der Waals surface area contributed by atoms with Crippen molar-refractivity contribution in [2.45, 2.75) is 19.1 Å². The molecule has 5 heteroatoms. The Hall–Kier alpha value is -1.59. The van der Waals surface area contributed by atoms with Gasteiger partial charge in [-0.1, -0.05) is 30.3 Å². The monoisotopic (exact) mass is 264 g/mol. The largest absolute Gasteiger partial charge is 0.465 e. The second-order valence-corrected chi connectivity index (χ2v) is 5.02. The number of amides is 1. The molecule has 19 heavy (non-hydrogen) atoms. The summed E-state index contributed by atoms with van der Waals surface area (Å²) in [6.45, 7) is 2.72. The van der Waals surface area contributed by atoms with Crippen molar-refractivity contribution in [2.75, 3.05) is 19.6 Å². The topological polar surface area (TPSA) is 72.8 Å². The molecule has 0 aliphatic carbocycles. The molecule has 0 bridgehead atoms. The zero-order chi connectivity index (χ0) is 13.7. The molecule has 1 amide bonds. The molecule has 0 radical (unpaired) electrons. The molecule has 2 rings (SSSR count). The van der Waals surface area contributed by atoms with Crippen molar-refractivity contribution in [1.29, 1.82) is 0 Å². The van der Waals surface area contributed by atoms with Crippen molar-refractivity contribution in [2.24, 2.45) is 5.92 Å². The van der Waals surface area contributed by atoms with E-state index in [-0.39, 0.29) is 5.92 Å². The minimum Gasteiger partial charge on any atom is -0.465 e. The molecule has 1 saturated heterocycles. The summed E-state index contributed by atoms with van der Waals surface area (Å²) in [7, 11) is 0. The Balaban J connectivity index is 1.88. The second kappa shape index (κ2) is 6.54. The van der Waals surface area contributed by atoms with Crippen LogP contribution >= 0.6 is 0 Å². The predicted octanol–water partition coefficient (Wildman–Crippen LogP) is 1.14. The number of carboxylic acid groups (broad SMARTS) is 1. The Bertz CT molecular complexity index is 410. The summed E-state index contributed by atoms with van der Waals surface area (Å²) < 4.78 is 0. The number of nitrogens with one attached hydrogen (secondary N) is 1. The van der Waals surface area contributed by atoms with Gasteiger partial charge in [0.1, 0.15) is 0 Å². The summed E-state index contributed by atoms with van der Waals surface area (Å²) in [5.74, 6) is -0.0337. The molecule has 1 aromatic rings. The molecule has 1 aliphatic rings. The smallest absolute Gasteiger partial charge is 0.404 e. The van der Waals surface area contributed by atoms with E-state index in [4.69, 9.17) is 5.11 Å². The third kappa shape index (κ3) is 4.22. The van der Waals surface area contributed by atoms with E-state index in [1.807, 2.05) is 18.2 Å². The van der Waals surface area contributed by atoms with Crippen molar-refractivity contribution in [3.63, 3.8) is 0 Å². The lowest BCUT2D eigenvalue weighted by Gasteiger charge is -2.36. The van der Waals surface area contributed by atoms with Crippen LogP contribution in [-0.2, 0) is 6.54 Å². The fourth-order valence-corrected chi connectivity index (χ4v) is 2.50. The fraction of sp³-hybridized carbons (Fsp3) is 0.500. The van der Waals surface area contributed by atoms with Gasteiger partial charge in [0.2, 0.25) is 0 Å². The molecule has 0 saturated carbocycles. The van der Waals surface area contributed by atoms with E-state index in [0.717, 1.165) is 19.6 Å². The van der Waals surface area contributed by atoms with Crippen LogP contribution in [0.25, 0.3) is 0 Å². The molecule has 1 aliphatic heterocycles. The summed E-state index contributed by atoms with van der Waals surface area (Å²) in [4.78, 5) is 12.8. The number of hydrogen-bond acceptors (Lipinski definition) is 3. The summed E-state index contributed by atoms with van der Waals surface area (Å²) in [5, 5.41) is 20.9. The summed E-state index contributed by atoms with van der Waals surface area (Å²) in [6, 6.07) is 10.2. The first-order chi connectivity index (χ1) is 9.15. The number of likely N-dealkylation sites (tertiary alicyclic amines) is 1. The third-order valence-corrected chi connectivity index (χ3v) is 3.54. The third-order valence-electron chi connectivity index (χ3n) is 3.54. The maximum Gasteiger partial charge on any atom is 0.404 e. The first-order valence-electron chi connectivity index (χ1n) is 6.56. The number of hydrogen-bond donors (Lipinski definition) is 3. The van der Waals surface area contributed by atoms with Crippen LogP contribution in [0.2, 0.25) is 0 Å². The van der Waals surface area contributed by atoms with Gasteiger partial charge in [-0.2, -0.15) is 0 Å². The highest BCUT2D eigenvalue weighted by Crippen LogP contribution is 2.18. The number of benzene rings is 1. The molecule has 0 spiro atoms. The highest BCUT2D eigenvalue weighted by molar-refractivity contribution is 5.64. The first-order valence-corrected chi connectivity index (χ1v) is 6.56. The molecule has 1 heterocycles. The first kappa shape index (κ1) is 13.8. The van der Waals surface area contributed by atoms with Crippen LogP contribution in [0.3, 0.4) is 0 Å². The lowest BCUT2D eigenvalue weighted by molar-refractivity contribution is 0.0244. The molecule has 5 nitrogen and oxygen atoms in total. The molecule has 1 aromatic carbocycles.